The molecule has 0 amide bonds. The van der Waals surface area contributed by atoms with Crippen LogP contribution in [-0.2, 0) is 5.67 Å². The molecule has 0 saturated heterocycles. The summed E-state index contributed by atoms with van der Waals surface area (Å²) in [6, 6.07) is 7.45. The minimum absolute atomic E-state index is 0.133. The van der Waals surface area contributed by atoms with E-state index in [2.05, 4.69) is 5.10 Å². The summed E-state index contributed by atoms with van der Waals surface area (Å²) in [6.45, 7) is 0.274. The maximum atomic E-state index is 14.3. The summed E-state index contributed by atoms with van der Waals surface area (Å²) in [6.07, 6.45) is -4.57. The number of para-hydroxylation sites is 1. The fourth-order valence-electron chi connectivity index (χ4n) is 1.86. The molecule has 1 N–H and O–H groups in total. The van der Waals surface area contributed by atoms with Gasteiger partial charge >= 0.3 is 12.1 Å². The number of hydrogen-bond acceptors (Lipinski definition) is 2. The Labute approximate surface area is 116 Å². The Kier molecular flexibility index (Phi) is 3.48. The average Bonchev–Trinajstić information content (AvgIpc) is 2.83. The number of alkyl halides is 4. The minimum atomic E-state index is -5.27. The van der Waals surface area contributed by atoms with Crippen LogP contribution in [0.4, 0.5) is 17.6 Å². The zero-order valence-electron chi connectivity index (χ0n) is 10.7. The van der Waals surface area contributed by atoms with Crippen LogP contribution in [0.5, 0.6) is 0 Å². The molecule has 4 nitrogen and oxygen atoms in total. The zero-order valence-corrected chi connectivity index (χ0v) is 10.7. The van der Waals surface area contributed by atoms with Crippen molar-refractivity contribution in [2.75, 3.05) is 0 Å². The summed E-state index contributed by atoms with van der Waals surface area (Å²) in [5.41, 5.74) is -5.62. The summed E-state index contributed by atoms with van der Waals surface area (Å²) in [5, 5.41) is 12.6. The molecule has 112 valence electrons. The minimum Gasteiger partial charge on any atom is -0.478 e. The number of aromatic carboxylic acids is 1. The van der Waals surface area contributed by atoms with Crippen molar-refractivity contribution in [2.24, 2.45) is 0 Å². The number of benzene rings is 1. The van der Waals surface area contributed by atoms with Crippen LogP contribution in [0.2, 0.25) is 0 Å². The molecule has 0 radical (unpaired) electrons. The van der Waals surface area contributed by atoms with Crippen molar-refractivity contribution >= 4 is 5.97 Å². The summed E-state index contributed by atoms with van der Waals surface area (Å²) < 4.78 is 53.7. The lowest BCUT2D eigenvalue weighted by Gasteiger charge is -2.25. The quantitative estimate of drug-likeness (QED) is 0.885. The van der Waals surface area contributed by atoms with Gasteiger partial charge in [0.2, 0.25) is 5.67 Å². The molecule has 0 saturated carbocycles. The molecule has 0 aliphatic carbocycles. The van der Waals surface area contributed by atoms with Crippen LogP contribution in [0.3, 0.4) is 0 Å². The third kappa shape index (κ3) is 2.48. The first kappa shape index (κ1) is 15.0. The standard InChI is InChI=1S/C13H10F4N2O2/c1-12(14,13(15,16)17)10-9(11(20)21)7-18-19(10)8-5-3-2-4-6-8/h2-7H,1H3,(H,20,21). The maximum Gasteiger partial charge on any atom is 0.428 e. The molecular weight excluding hydrogens is 292 g/mol. The highest BCUT2D eigenvalue weighted by Crippen LogP contribution is 2.44. The Morgan fingerprint density at radius 2 is 1.76 bits per heavy atom. The van der Waals surface area contributed by atoms with Gasteiger partial charge < -0.3 is 5.11 Å². The first-order valence-electron chi connectivity index (χ1n) is 5.79. The Morgan fingerprint density at radius 1 is 1.19 bits per heavy atom. The monoisotopic (exact) mass is 302 g/mol. The highest BCUT2D eigenvalue weighted by Gasteiger charge is 2.57. The van der Waals surface area contributed by atoms with Gasteiger partial charge in [-0.25, -0.2) is 13.9 Å². The average molecular weight is 302 g/mol. The molecule has 1 unspecified atom stereocenters. The lowest BCUT2D eigenvalue weighted by molar-refractivity contribution is -0.230. The molecule has 1 atom stereocenters. The van der Waals surface area contributed by atoms with Gasteiger partial charge in [0, 0.05) is 0 Å². The molecule has 0 fully saturated rings. The van der Waals surface area contributed by atoms with Crippen molar-refractivity contribution in [3.05, 3.63) is 47.8 Å². The van der Waals surface area contributed by atoms with E-state index in [1.165, 1.54) is 24.3 Å². The molecule has 1 aromatic heterocycles. The van der Waals surface area contributed by atoms with E-state index in [0.29, 0.717) is 10.9 Å². The maximum absolute atomic E-state index is 14.3. The molecule has 0 spiro atoms. The topological polar surface area (TPSA) is 55.1 Å². The Bertz CT molecular complexity index is 663. The van der Waals surface area contributed by atoms with Gasteiger partial charge in [0.1, 0.15) is 11.3 Å². The van der Waals surface area contributed by atoms with E-state index in [1.807, 2.05) is 0 Å². The van der Waals surface area contributed by atoms with Crippen LogP contribution < -0.4 is 0 Å². The summed E-state index contributed by atoms with van der Waals surface area (Å²) >= 11 is 0. The van der Waals surface area contributed by atoms with E-state index in [9.17, 15) is 22.4 Å². The Hall–Kier alpha value is -2.38. The van der Waals surface area contributed by atoms with Gasteiger partial charge in [0.25, 0.3) is 0 Å². The number of hydrogen-bond donors (Lipinski definition) is 1. The van der Waals surface area contributed by atoms with Crippen molar-refractivity contribution in [3.63, 3.8) is 0 Å². The Morgan fingerprint density at radius 3 is 2.24 bits per heavy atom. The highest BCUT2D eigenvalue weighted by atomic mass is 19.4. The van der Waals surface area contributed by atoms with Gasteiger partial charge in [-0.05, 0) is 19.1 Å². The summed E-state index contributed by atoms with van der Waals surface area (Å²) in [4.78, 5) is 11.1. The lowest BCUT2D eigenvalue weighted by Crippen LogP contribution is -2.38. The van der Waals surface area contributed by atoms with Crippen molar-refractivity contribution in [2.45, 2.75) is 18.8 Å². The number of aromatic nitrogens is 2. The molecule has 21 heavy (non-hydrogen) atoms. The predicted octanol–water partition coefficient (Wildman–Crippen LogP) is 3.32. The first-order valence-corrected chi connectivity index (χ1v) is 5.79. The van der Waals surface area contributed by atoms with Gasteiger partial charge in [-0.2, -0.15) is 18.3 Å². The molecular formula is C13H10F4N2O2. The van der Waals surface area contributed by atoms with Crippen LogP contribution in [0.15, 0.2) is 36.5 Å². The number of carboxylic acids is 1. The predicted molar refractivity (Wildman–Crippen MR) is 65.0 cm³/mol. The zero-order chi connectivity index (χ0) is 15.8. The number of rotatable bonds is 3. The number of nitrogens with zero attached hydrogens (tertiary/aromatic N) is 2. The second-order valence-corrected chi connectivity index (χ2v) is 4.46. The van der Waals surface area contributed by atoms with Gasteiger partial charge in [-0.15, -0.1) is 0 Å². The molecule has 0 aliphatic heterocycles. The fourth-order valence-corrected chi connectivity index (χ4v) is 1.86. The molecule has 0 bridgehead atoms. The fraction of sp³-hybridized carbons (Fsp3) is 0.231. The molecule has 8 heteroatoms. The van der Waals surface area contributed by atoms with Gasteiger partial charge in [-0.3, -0.25) is 0 Å². The van der Waals surface area contributed by atoms with E-state index in [0.717, 1.165) is 0 Å². The molecule has 1 aromatic carbocycles. The van der Waals surface area contributed by atoms with Crippen LogP contribution in [-0.4, -0.2) is 27.0 Å². The molecule has 1 heterocycles. The Balaban J connectivity index is 2.73. The van der Waals surface area contributed by atoms with Gasteiger partial charge in [0.05, 0.1) is 11.9 Å². The highest BCUT2D eigenvalue weighted by molar-refractivity contribution is 5.89. The third-order valence-electron chi connectivity index (χ3n) is 2.98. The van der Waals surface area contributed by atoms with Crippen LogP contribution >= 0.6 is 0 Å². The number of carbonyl (C=O) groups is 1. The van der Waals surface area contributed by atoms with Crippen LogP contribution in [0.25, 0.3) is 5.69 Å². The summed E-state index contributed by atoms with van der Waals surface area (Å²) in [5.74, 6) is -1.68. The number of carboxylic acid groups (broad SMARTS) is 1. The summed E-state index contributed by atoms with van der Waals surface area (Å²) in [7, 11) is 0. The van der Waals surface area contributed by atoms with E-state index in [1.54, 1.807) is 6.07 Å². The van der Waals surface area contributed by atoms with E-state index >= 15 is 0 Å². The van der Waals surface area contributed by atoms with Gasteiger partial charge in [0.15, 0.2) is 0 Å². The second kappa shape index (κ2) is 4.87. The normalized spacial score (nSPS) is 14.7. The van der Waals surface area contributed by atoms with Crippen molar-refractivity contribution < 1.29 is 27.5 Å². The van der Waals surface area contributed by atoms with Crippen molar-refractivity contribution in [1.29, 1.82) is 0 Å². The number of halogens is 4. The van der Waals surface area contributed by atoms with Crippen LogP contribution in [0.1, 0.15) is 23.0 Å². The molecule has 2 aromatic rings. The molecule has 2 rings (SSSR count). The largest absolute Gasteiger partial charge is 0.478 e. The SMILES string of the molecule is CC(F)(c1c(C(=O)O)cnn1-c1ccccc1)C(F)(F)F. The van der Waals surface area contributed by atoms with E-state index < -0.39 is 29.1 Å². The second-order valence-electron chi connectivity index (χ2n) is 4.46. The van der Waals surface area contributed by atoms with Crippen LogP contribution in [0, 0.1) is 0 Å². The first-order chi connectivity index (χ1) is 9.66. The molecule has 0 aliphatic rings. The van der Waals surface area contributed by atoms with Crippen molar-refractivity contribution in [1.82, 2.24) is 9.78 Å². The van der Waals surface area contributed by atoms with Crippen molar-refractivity contribution in [3.8, 4) is 5.69 Å². The van der Waals surface area contributed by atoms with E-state index in [4.69, 9.17) is 5.11 Å². The lowest BCUT2D eigenvalue weighted by atomic mass is 9.99. The van der Waals surface area contributed by atoms with E-state index in [-0.39, 0.29) is 12.6 Å². The third-order valence-corrected chi connectivity index (χ3v) is 2.98. The van der Waals surface area contributed by atoms with Gasteiger partial charge in [-0.1, -0.05) is 18.2 Å². The smallest absolute Gasteiger partial charge is 0.428 e.